The number of halogens is 1. The minimum atomic E-state index is -0.447. The number of carbonyl (C=O) groups is 1. The van der Waals surface area contributed by atoms with Crippen molar-refractivity contribution in [3.05, 3.63) is 58.3 Å². The van der Waals surface area contributed by atoms with Gasteiger partial charge in [-0.15, -0.1) is 0 Å². The molecule has 0 N–H and O–H groups in total. The Morgan fingerprint density at radius 1 is 1.26 bits per heavy atom. The normalized spacial score (nSPS) is 23.7. The molecule has 0 aromatic carbocycles. The maximum absolute atomic E-state index is 12.4. The van der Waals surface area contributed by atoms with Crippen molar-refractivity contribution in [2.75, 3.05) is 0 Å². The highest BCUT2D eigenvalue weighted by molar-refractivity contribution is 6.34. The number of allylic oxidation sites excluding steroid dienone is 7. The molecule has 1 atom stereocenters. The third-order valence-electron chi connectivity index (χ3n) is 5.96. The molecular formula is C27H36ClNO2. The number of ether oxygens (including phenoxy) is 1. The van der Waals surface area contributed by atoms with Crippen molar-refractivity contribution >= 4 is 23.3 Å². The van der Waals surface area contributed by atoms with E-state index in [1.165, 1.54) is 18.4 Å². The van der Waals surface area contributed by atoms with Crippen LogP contribution in [-0.4, -0.2) is 17.3 Å². The molecule has 168 valence electrons. The van der Waals surface area contributed by atoms with E-state index in [0.717, 1.165) is 65.3 Å². The highest BCUT2D eigenvalue weighted by atomic mass is 35.5. The molecule has 3 aliphatic rings. The standard InChI is InChI=1S/C27H36ClNO2/c1-7-21(19-10-11-19)26-20(14-17(2)3)16-23(28)22-12-8-18(9-13-24(22)29-26)15-25(30)31-27(4,5)6/h7,16,18-19H,1-2,8-15H2,3-6H3. The number of aliphatic imine (C=N–C) groups is 1. The van der Waals surface area contributed by atoms with E-state index in [-0.39, 0.29) is 11.9 Å². The zero-order valence-corrected chi connectivity index (χ0v) is 20.3. The van der Waals surface area contributed by atoms with Crippen molar-refractivity contribution in [2.45, 2.75) is 84.7 Å². The SMILES string of the molecule is C=CC(=C1N=C2CCC(CC(=O)OC(C)(C)C)CCC2=C(Cl)C=C1CC(=C)C)C1CC1. The van der Waals surface area contributed by atoms with E-state index in [2.05, 4.69) is 19.2 Å². The summed E-state index contributed by atoms with van der Waals surface area (Å²) in [5, 5.41) is 0.780. The van der Waals surface area contributed by atoms with Gasteiger partial charge >= 0.3 is 5.97 Å². The van der Waals surface area contributed by atoms with Gasteiger partial charge < -0.3 is 4.74 Å². The highest BCUT2D eigenvalue weighted by Crippen LogP contribution is 2.43. The molecule has 1 aliphatic heterocycles. The molecule has 0 amide bonds. The summed E-state index contributed by atoms with van der Waals surface area (Å²) in [6, 6.07) is 0. The number of hydrogen-bond acceptors (Lipinski definition) is 3. The van der Waals surface area contributed by atoms with Crippen molar-refractivity contribution < 1.29 is 9.53 Å². The van der Waals surface area contributed by atoms with Gasteiger partial charge in [0.15, 0.2) is 0 Å². The first-order chi connectivity index (χ1) is 14.6. The van der Waals surface area contributed by atoms with Crippen LogP contribution in [0, 0.1) is 11.8 Å². The van der Waals surface area contributed by atoms with Crippen LogP contribution in [-0.2, 0) is 9.53 Å². The van der Waals surface area contributed by atoms with Gasteiger partial charge in [-0.2, -0.15) is 0 Å². The number of rotatable bonds is 6. The fourth-order valence-corrected chi connectivity index (χ4v) is 4.74. The molecule has 1 unspecified atom stereocenters. The van der Waals surface area contributed by atoms with Gasteiger partial charge in [0.1, 0.15) is 5.60 Å². The molecule has 2 saturated carbocycles. The Labute approximate surface area is 192 Å². The Balaban J connectivity index is 1.90. The molecule has 4 heteroatoms. The zero-order chi connectivity index (χ0) is 22.8. The second-order valence-electron chi connectivity index (χ2n) is 10.2. The first-order valence-corrected chi connectivity index (χ1v) is 11.9. The van der Waals surface area contributed by atoms with Crippen LogP contribution in [0.2, 0.25) is 0 Å². The Hall–Kier alpha value is -1.87. The lowest BCUT2D eigenvalue weighted by molar-refractivity contribution is -0.156. The maximum Gasteiger partial charge on any atom is 0.306 e. The monoisotopic (exact) mass is 441 g/mol. The van der Waals surface area contributed by atoms with Gasteiger partial charge in [-0.05, 0) is 107 Å². The predicted octanol–water partition coefficient (Wildman–Crippen LogP) is 7.60. The average molecular weight is 442 g/mol. The molecule has 1 heterocycles. The lowest BCUT2D eigenvalue weighted by Crippen LogP contribution is -2.25. The molecule has 3 rings (SSSR count). The van der Waals surface area contributed by atoms with E-state index in [4.69, 9.17) is 21.3 Å². The maximum atomic E-state index is 12.4. The fraction of sp³-hybridized carbons (Fsp3) is 0.556. The van der Waals surface area contributed by atoms with Crippen molar-refractivity contribution in [3.8, 4) is 0 Å². The van der Waals surface area contributed by atoms with E-state index in [0.29, 0.717) is 12.3 Å². The summed E-state index contributed by atoms with van der Waals surface area (Å²) in [6.07, 6.45) is 11.2. The van der Waals surface area contributed by atoms with Crippen LogP contribution < -0.4 is 0 Å². The molecule has 31 heavy (non-hydrogen) atoms. The highest BCUT2D eigenvalue weighted by Gasteiger charge is 2.31. The molecule has 0 radical (unpaired) electrons. The molecule has 2 fully saturated rings. The number of carbonyl (C=O) groups excluding carboxylic acids is 1. The largest absolute Gasteiger partial charge is 0.460 e. The molecule has 0 spiro atoms. The fourth-order valence-electron chi connectivity index (χ4n) is 4.41. The number of esters is 1. The van der Waals surface area contributed by atoms with Crippen molar-refractivity contribution in [1.82, 2.24) is 0 Å². The number of fused-ring (bicyclic) bond motifs is 1. The lowest BCUT2D eigenvalue weighted by Gasteiger charge is -2.21. The molecule has 0 aromatic heterocycles. The van der Waals surface area contributed by atoms with Crippen LogP contribution >= 0.6 is 11.6 Å². The summed E-state index contributed by atoms with van der Waals surface area (Å²) in [5.74, 6) is 0.722. The van der Waals surface area contributed by atoms with Gasteiger partial charge in [0.05, 0.1) is 5.70 Å². The second-order valence-corrected chi connectivity index (χ2v) is 10.6. The van der Waals surface area contributed by atoms with Gasteiger partial charge in [0.2, 0.25) is 0 Å². The number of nitrogens with zero attached hydrogens (tertiary/aromatic N) is 1. The van der Waals surface area contributed by atoms with Crippen LogP contribution in [0.4, 0.5) is 0 Å². The topological polar surface area (TPSA) is 38.7 Å². The second kappa shape index (κ2) is 9.73. The van der Waals surface area contributed by atoms with Gasteiger partial charge in [-0.3, -0.25) is 9.79 Å². The molecule has 3 nitrogen and oxygen atoms in total. The molecule has 0 saturated heterocycles. The Morgan fingerprint density at radius 3 is 2.52 bits per heavy atom. The van der Waals surface area contributed by atoms with Gasteiger partial charge in [0.25, 0.3) is 0 Å². The van der Waals surface area contributed by atoms with Gasteiger partial charge in [-0.1, -0.05) is 36.4 Å². The van der Waals surface area contributed by atoms with E-state index < -0.39 is 5.60 Å². The lowest BCUT2D eigenvalue weighted by atomic mass is 9.96. The van der Waals surface area contributed by atoms with E-state index >= 15 is 0 Å². The van der Waals surface area contributed by atoms with E-state index in [9.17, 15) is 4.79 Å². The Kier molecular flexibility index (Phi) is 7.47. The smallest absolute Gasteiger partial charge is 0.306 e. The average Bonchev–Trinajstić information content (AvgIpc) is 3.47. The van der Waals surface area contributed by atoms with Crippen LogP contribution in [0.15, 0.2) is 63.3 Å². The summed E-state index contributed by atoms with van der Waals surface area (Å²) < 4.78 is 5.54. The molecular weight excluding hydrogens is 406 g/mol. The van der Waals surface area contributed by atoms with Gasteiger partial charge in [-0.25, -0.2) is 0 Å². The van der Waals surface area contributed by atoms with Gasteiger partial charge in [0, 0.05) is 17.2 Å². The summed E-state index contributed by atoms with van der Waals surface area (Å²) in [6.45, 7) is 16.0. The van der Waals surface area contributed by atoms with Crippen molar-refractivity contribution in [1.29, 1.82) is 0 Å². The first-order valence-electron chi connectivity index (χ1n) is 11.5. The molecule has 2 aliphatic carbocycles. The molecule has 0 aromatic rings. The quantitative estimate of drug-likeness (QED) is 0.314. The van der Waals surface area contributed by atoms with Crippen LogP contribution in [0.3, 0.4) is 0 Å². The number of hydrogen-bond donors (Lipinski definition) is 0. The molecule has 0 bridgehead atoms. The first kappa shape index (κ1) is 23.8. The summed E-state index contributed by atoms with van der Waals surface area (Å²) in [4.78, 5) is 17.6. The van der Waals surface area contributed by atoms with E-state index in [1.807, 2.05) is 33.8 Å². The minimum Gasteiger partial charge on any atom is -0.460 e. The zero-order valence-electron chi connectivity index (χ0n) is 19.5. The third kappa shape index (κ3) is 6.55. The van der Waals surface area contributed by atoms with Crippen molar-refractivity contribution in [3.63, 3.8) is 0 Å². The van der Waals surface area contributed by atoms with Crippen LogP contribution in [0.1, 0.15) is 79.1 Å². The third-order valence-corrected chi connectivity index (χ3v) is 6.30. The Bertz CT molecular complexity index is 891. The summed E-state index contributed by atoms with van der Waals surface area (Å²) in [5.41, 5.74) is 6.25. The van der Waals surface area contributed by atoms with Crippen LogP contribution in [0.25, 0.3) is 0 Å². The summed E-state index contributed by atoms with van der Waals surface area (Å²) in [7, 11) is 0. The van der Waals surface area contributed by atoms with E-state index in [1.54, 1.807) is 0 Å². The predicted molar refractivity (Wildman–Crippen MR) is 130 cm³/mol. The Morgan fingerprint density at radius 2 is 1.94 bits per heavy atom. The summed E-state index contributed by atoms with van der Waals surface area (Å²) >= 11 is 6.85. The van der Waals surface area contributed by atoms with Crippen molar-refractivity contribution in [2.24, 2.45) is 16.8 Å². The van der Waals surface area contributed by atoms with Crippen LogP contribution in [0.5, 0.6) is 0 Å². The minimum absolute atomic E-state index is 0.117.